The minimum Gasteiger partial charge on any atom is -0.494 e. The van der Waals surface area contributed by atoms with Crippen molar-refractivity contribution in [1.29, 1.82) is 0 Å². The second kappa shape index (κ2) is 5.34. The van der Waals surface area contributed by atoms with Crippen molar-refractivity contribution >= 4 is 32.6 Å². The van der Waals surface area contributed by atoms with Gasteiger partial charge in [0.1, 0.15) is 23.2 Å². The first-order chi connectivity index (χ1) is 9.67. The van der Waals surface area contributed by atoms with Crippen LogP contribution in [0.15, 0.2) is 12.1 Å². The second-order valence-electron chi connectivity index (χ2n) is 4.46. The number of anilines is 1. The Kier molecular flexibility index (Phi) is 3.54. The minimum absolute atomic E-state index is 0.207. The van der Waals surface area contributed by atoms with E-state index in [-0.39, 0.29) is 5.91 Å². The summed E-state index contributed by atoms with van der Waals surface area (Å²) in [6.07, 6.45) is 1.19. The first-order valence-electron chi connectivity index (χ1n) is 6.24. The van der Waals surface area contributed by atoms with E-state index in [1.54, 1.807) is 0 Å². The Labute approximate surface area is 118 Å². The van der Waals surface area contributed by atoms with Crippen LogP contribution in [0, 0.1) is 5.82 Å². The molecule has 0 spiro atoms. The molecule has 1 aromatic carbocycles. The first-order valence-corrected chi connectivity index (χ1v) is 7.05. The normalized spacial score (nSPS) is 18.4. The molecule has 1 saturated heterocycles. The molecule has 0 saturated carbocycles. The van der Waals surface area contributed by atoms with Gasteiger partial charge in [0.2, 0.25) is 0 Å². The summed E-state index contributed by atoms with van der Waals surface area (Å²) in [6.45, 7) is 0.608. The molecule has 1 aromatic heterocycles. The lowest BCUT2D eigenvalue weighted by atomic mass is 10.2. The second-order valence-corrected chi connectivity index (χ2v) is 5.50. The maximum absolute atomic E-state index is 13.4. The number of hydrogen-bond acceptors (Lipinski definition) is 5. The third-order valence-electron chi connectivity index (χ3n) is 3.10. The third kappa shape index (κ3) is 2.46. The molecule has 1 N–H and O–H groups in total. The van der Waals surface area contributed by atoms with E-state index >= 15 is 0 Å². The van der Waals surface area contributed by atoms with Crippen LogP contribution in [0.3, 0.4) is 0 Å². The molecule has 7 heteroatoms. The lowest BCUT2D eigenvalue weighted by Crippen LogP contribution is -2.26. The van der Waals surface area contributed by atoms with E-state index in [1.165, 1.54) is 30.6 Å². The average Bonchev–Trinajstić information content (AvgIpc) is 3.05. The number of aromatic nitrogens is 1. The smallest absolute Gasteiger partial charge is 0.255 e. The van der Waals surface area contributed by atoms with Gasteiger partial charge in [0, 0.05) is 12.7 Å². The van der Waals surface area contributed by atoms with Gasteiger partial charge in [-0.05, 0) is 18.9 Å². The highest BCUT2D eigenvalue weighted by atomic mass is 32.1. The van der Waals surface area contributed by atoms with Gasteiger partial charge in [-0.1, -0.05) is 11.3 Å². The minimum atomic E-state index is -0.416. The van der Waals surface area contributed by atoms with E-state index in [2.05, 4.69) is 10.3 Å². The van der Waals surface area contributed by atoms with Crippen LogP contribution in [0.5, 0.6) is 5.75 Å². The summed E-state index contributed by atoms with van der Waals surface area (Å²) in [4.78, 5) is 16.2. The molecule has 0 aliphatic carbocycles. The number of thiazole rings is 1. The fraction of sp³-hybridized carbons (Fsp3) is 0.385. The molecule has 1 aliphatic rings. The van der Waals surface area contributed by atoms with Crippen LogP contribution in [0.4, 0.5) is 9.52 Å². The van der Waals surface area contributed by atoms with E-state index in [4.69, 9.17) is 9.47 Å². The molecular formula is C13H13FN2O3S. The molecule has 2 heterocycles. The van der Waals surface area contributed by atoms with Crippen LogP contribution in [0.25, 0.3) is 10.2 Å². The number of amides is 1. The van der Waals surface area contributed by atoms with E-state index in [0.717, 1.165) is 6.42 Å². The van der Waals surface area contributed by atoms with Gasteiger partial charge in [-0.15, -0.1) is 0 Å². The molecule has 1 atom stereocenters. The monoisotopic (exact) mass is 296 g/mol. The van der Waals surface area contributed by atoms with Crippen molar-refractivity contribution in [3.05, 3.63) is 17.9 Å². The first kappa shape index (κ1) is 13.3. The van der Waals surface area contributed by atoms with E-state index in [9.17, 15) is 9.18 Å². The Morgan fingerprint density at radius 3 is 3.15 bits per heavy atom. The highest BCUT2D eigenvalue weighted by Gasteiger charge is 2.24. The van der Waals surface area contributed by atoms with Crippen molar-refractivity contribution in [2.45, 2.75) is 18.9 Å². The average molecular weight is 296 g/mol. The molecule has 5 nitrogen and oxygen atoms in total. The van der Waals surface area contributed by atoms with Crippen molar-refractivity contribution in [2.24, 2.45) is 0 Å². The number of nitrogens with zero attached hydrogens (tertiary/aromatic N) is 1. The van der Waals surface area contributed by atoms with E-state index in [1.807, 2.05) is 0 Å². The molecule has 106 valence electrons. The molecular weight excluding hydrogens is 283 g/mol. The number of carbonyl (C=O) groups is 1. The van der Waals surface area contributed by atoms with E-state index in [0.29, 0.717) is 34.1 Å². The van der Waals surface area contributed by atoms with Crippen LogP contribution < -0.4 is 10.1 Å². The summed E-state index contributed by atoms with van der Waals surface area (Å²) < 4.78 is 24.4. The maximum atomic E-state index is 13.4. The summed E-state index contributed by atoms with van der Waals surface area (Å²) in [6, 6.07) is 2.64. The molecule has 1 fully saturated rings. The van der Waals surface area contributed by atoms with Crippen molar-refractivity contribution < 1.29 is 18.7 Å². The van der Waals surface area contributed by atoms with Crippen molar-refractivity contribution in [1.82, 2.24) is 4.98 Å². The molecule has 0 radical (unpaired) electrons. The van der Waals surface area contributed by atoms with Crippen LogP contribution in [-0.4, -0.2) is 30.7 Å². The van der Waals surface area contributed by atoms with Gasteiger partial charge in [0.25, 0.3) is 5.91 Å². The third-order valence-corrected chi connectivity index (χ3v) is 4.01. The van der Waals surface area contributed by atoms with Crippen LogP contribution in [0.1, 0.15) is 12.8 Å². The number of fused-ring (bicyclic) bond motifs is 1. The molecule has 0 unspecified atom stereocenters. The molecule has 2 aromatic rings. The number of halogens is 1. The lowest BCUT2D eigenvalue weighted by molar-refractivity contribution is -0.124. The van der Waals surface area contributed by atoms with Crippen LogP contribution in [-0.2, 0) is 9.53 Å². The van der Waals surface area contributed by atoms with E-state index < -0.39 is 11.9 Å². The number of rotatable bonds is 3. The summed E-state index contributed by atoms with van der Waals surface area (Å²) in [7, 11) is 1.46. The lowest BCUT2D eigenvalue weighted by Gasteiger charge is -2.07. The Hall–Kier alpha value is -1.73. The zero-order valence-electron chi connectivity index (χ0n) is 10.8. The number of benzene rings is 1. The topological polar surface area (TPSA) is 60.5 Å². The predicted molar refractivity (Wildman–Crippen MR) is 73.7 cm³/mol. The molecule has 0 bridgehead atoms. The quantitative estimate of drug-likeness (QED) is 0.945. The summed E-state index contributed by atoms with van der Waals surface area (Å²) in [5.41, 5.74) is 0.543. The van der Waals surface area contributed by atoms with Gasteiger partial charge in [0.15, 0.2) is 5.13 Å². The van der Waals surface area contributed by atoms with Gasteiger partial charge >= 0.3 is 0 Å². The Balaban J connectivity index is 1.87. The molecule has 3 rings (SSSR count). The van der Waals surface area contributed by atoms with Crippen LogP contribution in [0.2, 0.25) is 0 Å². The molecule has 1 aliphatic heterocycles. The summed E-state index contributed by atoms with van der Waals surface area (Å²) in [5.74, 6) is -0.245. The van der Waals surface area contributed by atoms with Crippen molar-refractivity contribution in [3.8, 4) is 5.75 Å². The Bertz CT molecular complexity index is 652. The number of ether oxygens (including phenoxy) is 2. The van der Waals surface area contributed by atoms with Gasteiger partial charge in [-0.25, -0.2) is 9.37 Å². The largest absolute Gasteiger partial charge is 0.494 e. The standard InChI is InChI=1S/C13H13FN2O3S/c1-18-9-5-7(14)6-10-11(9)15-13(20-10)16-12(17)8-3-2-4-19-8/h5-6,8H,2-4H2,1H3,(H,15,16,17)/t8-/m0/s1. The number of nitrogens with one attached hydrogen (secondary N) is 1. The maximum Gasteiger partial charge on any atom is 0.255 e. The van der Waals surface area contributed by atoms with Gasteiger partial charge in [-0.2, -0.15) is 0 Å². The molecule has 20 heavy (non-hydrogen) atoms. The van der Waals surface area contributed by atoms with Crippen molar-refractivity contribution in [3.63, 3.8) is 0 Å². The van der Waals surface area contributed by atoms with Crippen LogP contribution >= 0.6 is 11.3 Å². The highest BCUT2D eigenvalue weighted by molar-refractivity contribution is 7.22. The SMILES string of the molecule is COc1cc(F)cc2sc(NC(=O)[C@@H]3CCCO3)nc12. The fourth-order valence-corrected chi connectivity index (χ4v) is 3.06. The number of hydrogen-bond donors (Lipinski definition) is 1. The Morgan fingerprint density at radius 2 is 2.45 bits per heavy atom. The molecule has 1 amide bonds. The highest BCUT2D eigenvalue weighted by Crippen LogP contribution is 2.33. The Morgan fingerprint density at radius 1 is 1.60 bits per heavy atom. The van der Waals surface area contributed by atoms with Gasteiger partial charge in [-0.3, -0.25) is 10.1 Å². The summed E-state index contributed by atoms with van der Waals surface area (Å²) in [5, 5.41) is 3.13. The fourth-order valence-electron chi connectivity index (χ4n) is 2.15. The number of methoxy groups -OCH3 is 1. The number of carbonyl (C=O) groups excluding carboxylic acids is 1. The zero-order chi connectivity index (χ0) is 14.1. The zero-order valence-corrected chi connectivity index (χ0v) is 11.6. The van der Waals surface area contributed by atoms with Gasteiger partial charge < -0.3 is 9.47 Å². The summed E-state index contributed by atoms with van der Waals surface area (Å²) >= 11 is 1.21. The van der Waals surface area contributed by atoms with Gasteiger partial charge in [0.05, 0.1) is 11.8 Å². The van der Waals surface area contributed by atoms with Crippen molar-refractivity contribution in [2.75, 3.05) is 19.0 Å². The predicted octanol–water partition coefficient (Wildman–Crippen LogP) is 2.56.